The van der Waals surface area contributed by atoms with Crippen molar-refractivity contribution in [3.63, 3.8) is 0 Å². The van der Waals surface area contributed by atoms with E-state index in [0.717, 1.165) is 24.7 Å². The summed E-state index contributed by atoms with van der Waals surface area (Å²) in [5.41, 5.74) is 2.48. The molecule has 0 saturated heterocycles. The van der Waals surface area contributed by atoms with Gasteiger partial charge in [-0.2, -0.15) is 0 Å². The molecule has 0 amide bonds. The smallest absolute Gasteiger partial charge is 0.125 e. The monoisotopic (exact) mass is 271 g/mol. The molecule has 2 rings (SSSR count). The number of anilines is 1. The number of aromatic nitrogens is 1. The Balaban J connectivity index is 1.91. The fraction of sp³-hybridized carbons (Fsp3) is 0.312. The van der Waals surface area contributed by atoms with Crippen LogP contribution in [0.5, 0.6) is 5.75 Å². The van der Waals surface area contributed by atoms with Gasteiger partial charge in [-0.25, -0.2) is 4.98 Å². The van der Waals surface area contributed by atoms with Gasteiger partial charge in [0.1, 0.15) is 11.6 Å². The molecule has 0 aliphatic heterocycles. The van der Waals surface area contributed by atoms with Crippen LogP contribution in [0.4, 0.5) is 5.82 Å². The molecule has 1 heterocycles. The Kier molecular flexibility index (Phi) is 4.96. The average molecular weight is 271 g/mol. The lowest BCUT2D eigenvalue weighted by atomic mass is 10.2. The van der Waals surface area contributed by atoms with E-state index in [4.69, 9.17) is 4.74 Å². The Bertz CT molecular complexity index is 473. The highest BCUT2D eigenvalue weighted by atomic mass is 16.5. The van der Waals surface area contributed by atoms with Crippen molar-refractivity contribution in [3.8, 4) is 5.75 Å². The van der Waals surface area contributed by atoms with Crippen LogP contribution in [0.25, 0.3) is 0 Å². The van der Waals surface area contributed by atoms with Crippen molar-refractivity contribution < 1.29 is 4.74 Å². The van der Waals surface area contributed by atoms with E-state index < -0.39 is 0 Å². The summed E-state index contributed by atoms with van der Waals surface area (Å²) in [6.45, 7) is 1.78. The summed E-state index contributed by atoms with van der Waals surface area (Å²) in [5, 5.41) is 3.02. The number of benzene rings is 1. The number of ether oxygens (including phenoxy) is 1. The molecule has 0 atom stereocenters. The standard InChI is InChI=1S/C16H21N3O/c1-17-16-9-6-14(10-18-16)12-19(2)11-13-4-7-15(20-3)8-5-13/h4-10H,11-12H2,1-3H3,(H,17,18). The van der Waals surface area contributed by atoms with Crippen molar-refractivity contribution in [1.29, 1.82) is 0 Å². The highest BCUT2D eigenvalue weighted by Gasteiger charge is 2.03. The van der Waals surface area contributed by atoms with Crippen LogP contribution in [0.2, 0.25) is 0 Å². The lowest BCUT2D eigenvalue weighted by molar-refractivity contribution is 0.318. The van der Waals surface area contributed by atoms with E-state index in [9.17, 15) is 0 Å². The molecule has 20 heavy (non-hydrogen) atoms. The minimum atomic E-state index is 0.878. The maximum atomic E-state index is 5.16. The fourth-order valence-corrected chi connectivity index (χ4v) is 2.08. The molecule has 106 valence electrons. The minimum Gasteiger partial charge on any atom is -0.497 e. The first kappa shape index (κ1) is 14.3. The number of nitrogens with one attached hydrogen (secondary N) is 1. The van der Waals surface area contributed by atoms with Crippen LogP contribution in [0.3, 0.4) is 0 Å². The Morgan fingerprint density at radius 3 is 2.25 bits per heavy atom. The summed E-state index contributed by atoms with van der Waals surface area (Å²) in [7, 11) is 5.66. The molecule has 0 unspecified atom stereocenters. The van der Waals surface area contributed by atoms with E-state index in [2.05, 4.69) is 40.4 Å². The van der Waals surface area contributed by atoms with E-state index in [0.29, 0.717) is 0 Å². The van der Waals surface area contributed by atoms with E-state index in [1.807, 2.05) is 31.4 Å². The fourth-order valence-electron chi connectivity index (χ4n) is 2.08. The van der Waals surface area contributed by atoms with Gasteiger partial charge in [0.25, 0.3) is 0 Å². The third-order valence-corrected chi connectivity index (χ3v) is 3.14. The van der Waals surface area contributed by atoms with Crippen LogP contribution in [0.15, 0.2) is 42.6 Å². The SMILES string of the molecule is CNc1ccc(CN(C)Cc2ccc(OC)cc2)cn1. The largest absolute Gasteiger partial charge is 0.497 e. The first-order valence-corrected chi connectivity index (χ1v) is 6.65. The summed E-state index contributed by atoms with van der Waals surface area (Å²) in [6.07, 6.45) is 1.91. The lowest BCUT2D eigenvalue weighted by Gasteiger charge is -2.17. The maximum absolute atomic E-state index is 5.16. The molecule has 0 bridgehead atoms. The molecule has 0 spiro atoms. The van der Waals surface area contributed by atoms with Crippen LogP contribution in [0, 0.1) is 0 Å². The zero-order valence-corrected chi connectivity index (χ0v) is 12.3. The zero-order valence-electron chi connectivity index (χ0n) is 12.3. The molecule has 4 heteroatoms. The highest BCUT2D eigenvalue weighted by molar-refractivity contribution is 5.34. The molecule has 2 aromatic rings. The first-order valence-electron chi connectivity index (χ1n) is 6.65. The Labute approximate surface area is 120 Å². The average Bonchev–Trinajstić information content (AvgIpc) is 2.49. The van der Waals surface area contributed by atoms with Gasteiger partial charge in [-0.3, -0.25) is 4.90 Å². The topological polar surface area (TPSA) is 37.4 Å². The summed E-state index contributed by atoms with van der Waals surface area (Å²) in [4.78, 5) is 6.59. The molecular weight excluding hydrogens is 250 g/mol. The summed E-state index contributed by atoms with van der Waals surface area (Å²) < 4.78 is 5.16. The lowest BCUT2D eigenvalue weighted by Crippen LogP contribution is -2.17. The van der Waals surface area contributed by atoms with Crippen molar-refractivity contribution in [2.45, 2.75) is 13.1 Å². The first-order chi connectivity index (χ1) is 9.71. The summed E-state index contributed by atoms with van der Waals surface area (Å²) in [6, 6.07) is 12.3. The third kappa shape index (κ3) is 3.96. The predicted octanol–water partition coefficient (Wildman–Crippen LogP) is 2.76. The van der Waals surface area contributed by atoms with Gasteiger partial charge in [0.05, 0.1) is 7.11 Å². The number of pyridine rings is 1. The maximum Gasteiger partial charge on any atom is 0.125 e. The van der Waals surface area contributed by atoms with Crippen LogP contribution in [-0.4, -0.2) is 31.1 Å². The van der Waals surface area contributed by atoms with Crippen LogP contribution >= 0.6 is 0 Å². The number of nitrogens with zero attached hydrogens (tertiary/aromatic N) is 2. The summed E-state index contributed by atoms with van der Waals surface area (Å²) in [5.74, 6) is 1.79. The molecule has 4 nitrogen and oxygen atoms in total. The molecule has 1 aromatic carbocycles. The van der Waals surface area contributed by atoms with E-state index in [1.165, 1.54) is 11.1 Å². The van der Waals surface area contributed by atoms with Crippen LogP contribution in [-0.2, 0) is 13.1 Å². The predicted molar refractivity (Wildman–Crippen MR) is 81.9 cm³/mol. The van der Waals surface area contributed by atoms with Crippen LogP contribution in [0.1, 0.15) is 11.1 Å². The van der Waals surface area contributed by atoms with Gasteiger partial charge in [0.15, 0.2) is 0 Å². The third-order valence-electron chi connectivity index (χ3n) is 3.14. The van der Waals surface area contributed by atoms with Crippen molar-refractivity contribution in [2.75, 3.05) is 26.5 Å². The second kappa shape index (κ2) is 6.91. The van der Waals surface area contributed by atoms with Crippen molar-refractivity contribution in [1.82, 2.24) is 9.88 Å². The second-order valence-corrected chi connectivity index (χ2v) is 4.82. The normalized spacial score (nSPS) is 10.6. The Hall–Kier alpha value is -2.07. The van der Waals surface area contributed by atoms with Gasteiger partial charge >= 0.3 is 0 Å². The van der Waals surface area contributed by atoms with Crippen LogP contribution < -0.4 is 10.1 Å². The number of hydrogen-bond acceptors (Lipinski definition) is 4. The van der Waals surface area contributed by atoms with E-state index in [1.54, 1.807) is 7.11 Å². The Morgan fingerprint density at radius 2 is 1.70 bits per heavy atom. The van der Waals surface area contributed by atoms with Gasteiger partial charge < -0.3 is 10.1 Å². The van der Waals surface area contributed by atoms with Gasteiger partial charge in [-0.05, 0) is 36.4 Å². The van der Waals surface area contributed by atoms with Crippen molar-refractivity contribution in [2.24, 2.45) is 0 Å². The quantitative estimate of drug-likeness (QED) is 0.876. The van der Waals surface area contributed by atoms with E-state index in [-0.39, 0.29) is 0 Å². The molecule has 0 saturated carbocycles. The molecular formula is C16H21N3O. The molecule has 0 aliphatic carbocycles. The van der Waals surface area contributed by atoms with Crippen molar-refractivity contribution in [3.05, 3.63) is 53.7 Å². The Morgan fingerprint density at radius 1 is 1.05 bits per heavy atom. The molecule has 0 radical (unpaired) electrons. The van der Waals surface area contributed by atoms with E-state index >= 15 is 0 Å². The minimum absolute atomic E-state index is 0.878. The van der Waals surface area contributed by atoms with Gasteiger partial charge in [0.2, 0.25) is 0 Å². The molecule has 1 N–H and O–H groups in total. The highest BCUT2D eigenvalue weighted by Crippen LogP contribution is 2.14. The van der Waals surface area contributed by atoms with Gasteiger partial charge in [-0.1, -0.05) is 18.2 Å². The summed E-state index contributed by atoms with van der Waals surface area (Å²) >= 11 is 0. The molecule has 0 aliphatic rings. The zero-order chi connectivity index (χ0) is 14.4. The van der Waals surface area contributed by atoms with Gasteiger partial charge in [0, 0.05) is 26.3 Å². The molecule has 0 fully saturated rings. The molecule has 1 aromatic heterocycles. The number of hydrogen-bond donors (Lipinski definition) is 1. The van der Waals surface area contributed by atoms with Crippen molar-refractivity contribution >= 4 is 5.82 Å². The van der Waals surface area contributed by atoms with Gasteiger partial charge in [-0.15, -0.1) is 0 Å². The number of methoxy groups -OCH3 is 1. The second-order valence-electron chi connectivity index (χ2n) is 4.82. The number of rotatable bonds is 6.